The number of rotatable bonds is 3. The van der Waals surface area contributed by atoms with Crippen molar-refractivity contribution in [3.05, 3.63) is 17.8 Å². The highest BCUT2D eigenvalue weighted by Crippen LogP contribution is 2.24. The smallest absolute Gasteiger partial charge is 0.151 e. The number of nitrogen functional groups attached to an aromatic ring is 1. The van der Waals surface area contributed by atoms with Gasteiger partial charge in [0.2, 0.25) is 0 Å². The summed E-state index contributed by atoms with van der Waals surface area (Å²) in [6.45, 7) is 4.22. The van der Waals surface area contributed by atoms with Crippen LogP contribution in [0.1, 0.15) is 18.4 Å². The Labute approximate surface area is 103 Å². The standard InChI is InChI=1S/C13H22N4/c1-10-6-7-15-13(12(10)14)17(3)9-11-5-4-8-16(11)2/h6-7,11H,4-5,8-9,14H2,1-3H3. The second-order valence-electron chi connectivity index (χ2n) is 5.02. The number of nitrogens with two attached hydrogens (primary N) is 1. The van der Waals surface area contributed by atoms with Crippen LogP contribution in [0.4, 0.5) is 11.5 Å². The third kappa shape index (κ3) is 2.52. The highest BCUT2D eigenvalue weighted by atomic mass is 15.2. The maximum atomic E-state index is 6.07. The molecule has 0 spiro atoms. The number of aryl methyl sites for hydroxylation is 1. The number of pyridine rings is 1. The van der Waals surface area contributed by atoms with Gasteiger partial charge in [0, 0.05) is 25.8 Å². The van der Waals surface area contributed by atoms with Crippen molar-refractivity contribution >= 4 is 11.5 Å². The number of anilines is 2. The van der Waals surface area contributed by atoms with Gasteiger partial charge < -0.3 is 15.5 Å². The molecule has 0 amide bonds. The van der Waals surface area contributed by atoms with Crippen LogP contribution in [0, 0.1) is 6.92 Å². The van der Waals surface area contributed by atoms with E-state index in [-0.39, 0.29) is 0 Å². The fourth-order valence-corrected chi connectivity index (χ4v) is 2.47. The van der Waals surface area contributed by atoms with Gasteiger partial charge in [-0.25, -0.2) is 4.98 Å². The zero-order valence-electron chi connectivity index (χ0n) is 11.0. The molecule has 0 bridgehead atoms. The first kappa shape index (κ1) is 12.2. The average Bonchev–Trinajstić information content (AvgIpc) is 2.68. The Hall–Kier alpha value is -1.29. The van der Waals surface area contributed by atoms with E-state index < -0.39 is 0 Å². The van der Waals surface area contributed by atoms with Gasteiger partial charge >= 0.3 is 0 Å². The van der Waals surface area contributed by atoms with Crippen molar-refractivity contribution in [3.63, 3.8) is 0 Å². The maximum Gasteiger partial charge on any atom is 0.151 e. The monoisotopic (exact) mass is 234 g/mol. The molecule has 0 aromatic carbocycles. The second-order valence-corrected chi connectivity index (χ2v) is 5.02. The number of hydrogen-bond donors (Lipinski definition) is 1. The first-order chi connectivity index (χ1) is 8.09. The molecule has 94 valence electrons. The molecule has 1 saturated heterocycles. The number of hydrogen-bond acceptors (Lipinski definition) is 4. The molecule has 1 unspecified atom stereocenters. The summed E-state index contributed by atoms with van der Waals surface area (Å²) >= 11 is 0. The molecule has 17 heavy (non-hydrogen) atoms. The highest BCUT2D eigenvalue weighted by molar-refractivity contribution is 5.66. The first-order valence-corrected chi connectivity index (χ1v) is 6.22. The molecule has 4 heteroatoms. The summed E-state index contributed by atoms with van der Waals surface area (Å²) in [6.07, 6.45) is 4.40. The molecule has 2 N–H and O–H groups in total. The summed E-state index contributed by atoms with van der Waals surface area (Å²) in [6, 6.07) is 2.58. The molecule has 1 atom stereocenters. The van der Waals surface area contributed by atoms with E-state index in [1.807, 2.05) is 19.2 Å². The minimum absolute atomic E-state index is 0.627. The number of likely N-dealkylation sites (N-methyl/N-ethyl adjacent to an activating group) is 2. The van der Waals surface area contributed by atoms with Crippen LogP contribution in [0.15, 0.2) is 12.3 Å². The van der Waals surface area contributed by atoms with Crippen molar-refractivity contribution in [2.45, 2.75) is 25.8 Å². The molecule has 0 aliphatic carbocycles. The molecule has 1 aliphatic rings. The molecule has 0 radical (unpaired) electrons. The van der Waals surface area contributed by atoms with E-state index in [4.69, 9.17) is 5.73 Å². The van der Waals surface area contributed by atoms with Gasteiger partial charge in [-0.05, 0) is 45.0 Å². The molecule has 1 aromatic heterocycles. The summed E-state index contributed by atoms with van der Waals surface area (Å²) in [5, 5.41) is 0. The van der Waals surface area contributed by atoms with Crippen LogP contribution in [0.2, 0.25) is 0 Å². The fraction of sp³-hybridized carbons (Fsp3) is 0.615. The summed E-state index contributed by atoms with van der Waals surface area (Å²) in [4.78, 5) is 8.98. The molecule has 1 aromatic rings. The van der Waals surface area contributed by atoms with E-state index in [9.17, 15) is 0 Å². The molecule has 4 nitrogen and oxygen atoms in total. The summed E-state index contributed by atoms with van der Waals surface area (Å²) in [5.41, 5.74) is 7.97. The van der Waals surface area contributed by atoms with Crippen molar-refractivity contribution in [2.24, 2.45) is 0 Å². The number of likely N-dealkylation sites (tertiary alicyclic amines) is 1. The Kier molecular flexibility index (Phi) is 3.52. The summed E-state index contributed by atoms with van der Waals surface area (Å²) < 4.78 is 0. The van der Waals surface area contributed by atoms with E-state index in [1.165, 1.54) is 19.4 Å². The Morgan fingerprint density at radius 3 is 3.00 bits per heavy atom. The Morgan fingerprint density at radius 2 is 2.35 bits per heavy atom. The Morgan fingerprint density at radius 1 is 1.59 bits per heavy atom. The van der Waals surface area contributed by atoms with Crippen LogP contribution in [-0.2, 0) is 0 Å². The molecular weight excluding hydrogens is 212 g/mol. The molecular formula is C13H22N4. The van der Waals surface area contributed by atoms with E-state index in [0.29, 0.717) is 6.04 Å². The average molecular weight is 234 g/mol. The maximum absolute atomic E-state index is 6.07. The van der Waals surface area contributed by atoms with Gasteiger partial charge in [0.1, 0.15) is 0 Å². The quantitative estimate of drug-likeness (QED) is 0.861. The van der Waals surface area contributed by atoms with Gasteiger partial charge in [0.05, 0.1) is 5.69 Å². The minimum atomic E-state index is 0.627. The summed E-state index contributed by atoms with van der Waals surface area (Å²) in [7, 11) is 4.27. The fourth-order valence-electron chi connectivity index (χ4n) is 2.47. The zero-order chi connectivity index (χ0) is 12.4. The van der Waals surface area contributed by atoms with E-state index in [2.05, 4.69) is 28.9 Å². The third-order valence-electron chi connectivity index (χ3n) is 3.70. The largest absolute Gasteiger partial charge is 0.396 e. The lowest BCUT2D eigenvalue weighted by Gasteiger charge is -2.27. The number of nitrogens with zero attached hydrogens (tertiary/aromatic N) is 3. The molecule has 0 saturated carbocycles. The zero-order valence-corrected chi connectivity index (χ0v) is 11.0. The van der Waals surface area contributed by atoms with Crippen LogP contribution in [0.25, 0.3) is 0 Å². The Bertz CT molecular complexity index is 391. The summed E-state index contributed by atoms with van der Waals surface area (Å²) in [5.74, 6) is 0.908. The van der Waals surface area contributed by atoms with Crippen LogP contribution < -0.4 is 10.6 Å². The third-order valence-corrected chi connectivity index (χ3v) is 3.70. The predicted octanol–water partition coefficient (Wildman–Crippen LogP) is 1.50. The van der Waals surface area contributed by atoms with Crippen molar-refractivity contribution < 1.29 is 0 Å². The molecule has 2 rings (SSSR count). The Balaban J connectivity index is 2.09. The topological polar surface area (TPSA) is 45.4 Å². The van der Waals surface area contributed by atoms with Gasteiger partial charge in [0.15, 0.2) is 5.82 Å². The lowest BCUT2D eigenvalue weighted by Crippen LogP contribution is -2.37. The van der Waals surface area contributed by atoms with Crippen molar-refractivity contribution in [3.8, 4) is 0 Å². The molecule has 1 aliphatic heterocycles. The van der Waals surface area contributed by atoms with Crippen molar-refractivity contribution in [2.75, 3.05) is 37.8 Å². The lowest BCUT2D eigenvalue weighted by molar-refractivity contribution is 0.314. The minimum Gasteiger partial charge on any atom is -0.396 e. The lowest BCUT2D eigenvalue weighted by atomic mass is 10.2. The molecule has 2 heterocycles. The van der Waals surface area contributed by atoms with Crippen molar-refractivity contribution in [1.82, 2.24) is 9.88 Å². The van der Waals surface area contributed by atoms with E-state index >= 15 is 0 Å². The highest BCUT2D eigenvalue weighted by Gasteiger charge is 2.23. The van der Waals surface area contributed by atoms with Gasteiger partial charge in [-0.1, -0.05) is 0 Å². The van der Waals surface area contributed by atoms with Crippen LogP contribution in [0.3, 0.4) is 0 Å². The normalized spacial score (nSPS) is 20.8. The first-order valence-electron chi connectivity index (χ1n) is 6.22. The number of aromatic nitrogens is 1. The van der Waals surface area contributed by atoms with Crippen molar-refractivity contribution in [1.29, 1.82) is 0 Å². The predicted molar refractivity (Wildman–Crippen MR) is 72.3 cm³/mol. The van der Waals surface area contributed by atoms with Gasteiger partial charge in [-0.2, -0.15) is 0 Å². The van der Waals surface area contributed by atoms with Crippen LogP contribution >= 0.6 is 0 Å². The van der Waals surface area contributed by atoms with Crippen LogP contribution in [0.5, 0.6) is 0 Å². The second kappa shape index (κ2) is 4.92. The van der Waals surface area contributed by atoms with Gasteiger partial charge in [-0.15, -0.1) is 0 Å². The van der Waals surface area contributed by atoms with E-state index in [1.54, 1.807) is 0 Å². The van der Waals surface area contributed by atoms with Gasteiger partial charge in [-0.3, -0.25) is 0 Å². The molecule has 1 fully saturated rings. The van der Waals surface area contributed by atoms with Crippen LogP contribution in [-0.4, -0.2) is 43.1 Å². The van der Waals surface area contributed by atoms with Gasteiger partial charge in [0.25, 0.3) is 0 Å². The SMILES string of the molecule is Cc1ccnc(N(C)CC2CCCN2C)c1N. The van der Waals surface area contributed by atoms with E-state index in [0.717, 1.165) is 23.6 Å².